The van der Waals surface area contributed by atoms with Gasteiger partial charge >= 0.3 is 6.18 Å². The second-order valence-electron chi connectivity index (χ2n) is 4.32. The molecule has 19 heavy (non-hydrogen) atoms. The lowest BCUT2D eigenvalue weighted by Crippen LogP contribution is -2.04. The Kier molecular flexibility index (Phi) is 3.93. The largest absolute Gasteiger partial charge is 0.416 e. The first kappa shape index (κ1) is 13.6. The maximum Gasteiger partial charge on any atom is 0.416 e. The molecule has 5 heteroatoms. The molecule has 0 bridgehead atoms. The van der Waals surface area contributed by atoms with Gasteiger partial charge in [-0.2, -0.15) is 13.2 Å². The Balaban J connectivity index is 2.06. The smallest absolute Gasteiger partial charge is 0.351 e. The molecule has 0 N–H and O–H groups in total. The van der Waals surface area contributed by atoms with E-state index in [1.165, 1.54) is 12.1 Å². The van der Waals surface area contributed by atoms with Crippen molar-refractivity contribution in [2.75, 3.05) is 6.67 Å². The van der Waals surface area contributed by atoms with E-state index in [-0.39, 0.29) is 0 Å². The van der Waals surface area contributed by atoms with Crippen LogP contribution in [0, 0.1) is 0 Å². The number of aryl methyl sites for hydroxylation is 1. The number of halogens is 4. The van der Waals surface area contributed by atoms with Crippen molar-refractivity contribution in [3.05, 3.63) is 59.4 Å². The summed E-state index contributed by atoms with van der Waals surface area (Å²) in [4.78, 5) is 0. The summed E-state index contributed by atoms with van der Waals surface area (Å²) in [6.07, 6.45) is -0.198. The number of hydrogen-bond donors (Lipinski definition) is 0. The fourth-order valence-electron chi connectivity index (χ4n) is 1.88. The molecule has 0 spiro atoms. The Morgan fingerprint density at radius 1 is 0.947 bits per heavy atom. The minimum atomic E-state index is -4.30. The molecule has 0 saturated carbocycles. The highest BCUT2D eigenvalue weighted by Crippen LogP contribution is 2.29. The van der Waals surface area contributed by atoms with Crippen LogP contribution in [0.1, 0.15) is 16.7 Å². The zero-order valence-electron chi connectivity index (χ0n) is 10.1. The molecule has 0 atom stereocenters. The molecule has 0 saturated heterocycles. The molecule has 0 unspecified atom stereocenters. The highest BCUT2D eigenvalue weighted by molar-refractivity contribution is 5.29. The second-order valence-corrected chi connectivity index (χ2v) is 4.32. The lowest BCUT2D eigenvalue weighted by Gasteiger charge is -2.07. The first-order valence-electron chi connectivity index (χ1n) is 5.86. The summed E-state index contributed by atoms with van der Waals surface area (Å²) in [6, 6.07) is 6.93. The lowest BCUT2D eigenvalue weighted by atomic mass is 10.1. The molecular weight excluding hydrogens is 258 g/mol. The van der Waals surface area contributed by atoms with Crippen LogP contribution in [0.25, 0.3) is 0 Å². The maximum atomic E-state index is 12.4. The number of nitrogens with zero attached hydrogens (tertiary/aromatic N) is 1. The summed E-state index contributed by atoms with van der Waals surface area (Å²) >= 11 is 0. The summed E-state index contributed by atoms with van der Waals surface area (Å²) < 4.78 is 51.1. The maximum absolute atomic E-state index is 12.4. The van der Waals surface area contributed by atoms with Crippen molar-refractivity contribution in [2.24, 2.45) is 0 Å². The van der Waals surface area contributed by atoms with Gasteiger partial charge in [0.15, 0.2) is 0 Å². The summed E-state index contributed by atoms with van der Waals surface area (Å²) in [5.74, 6) is 0. The van der Waals surface area contributed by atoms with Crippen LogP contribution in [0.15, 0.2) is 42.7 Å². The molecule has 1 aromatic carbocycles. The predicted molar refractivity (Wildman–Crippen MR) is 64.7 cm³/mol. The van der Waals surface area contributed by atoms with Gasteiger partial charge in [-0.25, -0.2) is 4.39 Å². The van der Waals surface area contributed by atoms with Gasteiger partial charge in [0.25, 0.3) is 0 Å². The van der Waals surface area contributed by atoms with Gasteiger partial charge in [-0.3, -0.25) is 0 Å². The van der Waals surface area contributed by atoms with E-state index in [2.05, 4.69) is 0 Å². The van der Waals surface area contributed by atoms with Crippen LogP contribution < -0.4 is 0 Å². The molecule has 102 valence electrons. The topological polar surface area (TPSA) is 4.93 Å². The van der Waals surface area contributed by atoms with Gasteiger partial charge in [0.1, 0.15) is 6.67 Å². The van der Waals surface area contributed by atoms with E-state index >= 15 is 0 Å². The van der Waals surface area contributed by atoms with Crippen LogP contribution in [0.4, 0.5) is 17.6 Å². The van der Waals surface area contributed by atoms with Crippen molar-refractivity contribution in [3.8, 4) is 0 Å². The Labute approximate surface area is 108 Å². The quantitative estimate of drug-likeness (QED) is 0.739. The second kappa shape index (κ2) is 5.47. The van der Waals surface area contributed by atoms with Crippen molar-refractivity contribution < 1.29 is 17.6 Å². The summed E-state index contributed by atoms with van der Waals surface area (Å²) in [6.45, 7) is -0.137. The molecular formula is C14H13F4N. The fraction of sp³-hybridized carbons (Fsp3) is 0.286. The SMILES string of the molecule is FCCn1ccc(Cc2ccc(C(F)(F)F)cc2)c1. The molecule has 0 radical (unpaired) electrons. The average Bonchev–Trinajstić information content (AvgIpc) is 2.77. The molecule has 2 aromatic rings. The first-order chi connectivity index (χ1) is 8.99. The summed E-state index contributed by atoms with van der Waals surface area (Å²) in [5, 5.41) is 0. The van der Waals surface area contributed by atoms with E-state index in [1.807, 2.05) is 6.07 Å². The van der Waals surface area contributed by atoms with Crippen LogP contribution in [0.3, 0.4) is 0 Å². The van der Waals surface area contributed by atoms with Gasteiger partial charge in [-0.1, -0.05) is 12.1 Å². The number of benzene rings is 1. The van der Waals surface area contributed by atoms with Gasteiger partial charge in [0, 0.05) is 12.4 Å². The monoisotopic (exact) mass is 271 g/mol. The molecule has 1 aromatic heterocycles. The Morgan fingerprint density at radius 3 is 2.21 bits per heavy atom. The van der Waals surface area contributed by atoms with Crippen molar-refractivity contribution >= 4 is 0 Å². The van der Waals surface area contributed by atoms with Crippen LogP contribution in [0.5, 0.6) is 0 Å². The van der Waals surface area contributed by atoms with E-state index in [0.29, 0.717) is 13.0 Å². The number of hydrogen-bond acceptors (Lipinski definition) is 0. The number of rotatable bonds is 4. The van der Waals surface area contributed by atoms with Gasteiger partial charge in [-0.15, -0.1) is 0 Å². The van der Waals surface area contributed by atoms with Gasteiger partial charge in [0.2, 0.25) is 0 Å². The fourth-order valence-corrected chi connectivity index (χ4v) is 1.88. The zero-order valence-corrected chi connectivity index (χ0v) is 10.1. The van der Waals surface area contributed by atoms with Gasteiger partial charge in [0.05, 0.1) is 12.1 Å². The zero-order chi connectivity index (χ0) is 13.9. The molecule has 0 aliphatic heterocycles. The summed E-state index contributed by atoms with van der Waals surface area (Å²) in [5.41, 5.74) is 1.10. The van der Waals surface area contributed by atoms with Crippen molar-refractivity contribution in [1.82, 2.24) is 4.57 Å². The van der Waals surface area contributed by atoms with E-state index < -0.39 is 18.4 Å². The van der Waals surface area contributed by atoms with Gasteiger partial charge in [-0.05, 0) is 35.7 Å². The van der Waals surface area contributed by atoms with Crippen molar-refractivity contribution in [3.63, 3.8) is 0 Å². The highest BCUT2D eigenvalue weighted by Gasteiger charge is 2.29. The molecule has 0 aliphatic carbocycles. The van der Waals surface area contributed by atoms with E-state index in [1.54, 1.807) is 17.0 Å². The third-order valence-corrected chi connectivity index (χ3v) is 2.84. The highest BCUT2D eigenvalue weighted by atomic mass is 19.4. The van der Waals surface area contributed by atoms with Crippen LogP contribution in [-0.2, 0) is 19.1 Å². The number of alkyl halides is 4. The van der Waals surface area contributed by atoms with E-state index in [4.69, 9.17) is 0 Å². The third kappa shape index (κ3) is 3.59. The minimum absolute atomic E-state index is 0.299. The molecule has 0 aliphatic rings. The average molecular weight is 271 g/mol. The van der Waals surface area contributed by atoms with Crippen LogP contribution in [0.2, 0.25) is 0 Å². The first-order valence-corrected chi connectivity index (χ1v) is 5.86. The Bertz CT molecular complexity index is 525. The normalized spacial score (nSPS) is 11.8. The number of aromatic nitrogens is 1. The lowest BCUT2D eigenvalue weighted by molar-refractivity contribution is -0.137. The summed E-state index contributed by atoms with van der Waals surface area (Å²) in [7, 11) is 0. The molecule has 0 fully saturated rings. The Morgan fingerprint density at radius 2 is 1.63 bits per heavy atom. The Hall–Kier alpha value is -1.78. The molecule has 1 heterocycles. The minimum Gasteiger partial charge on any atom is -0.351 e. The molecule has 1 nitrogen and oxygen atoms in total. The van der Waals surface area contributed by atoms with Gasteiger partial charge < -0.3 is 4.57 Å². The van der Waals surface area contributed by atoms with Crippen LogP contribution in [-0.4, -0.2) is 11.2 Å². The predicted octanol–water partition coefficient (Wildman–Crippen LogP) is 4.07. The molecule has 2 rings (SSSR count). The van der Waals surface area contributed by atoms with Crippen LogP contribution >= 0.6 is 0 Å². The van der Waals surface area contributed by atoms with Crippen molar-refractivity contribution in [2.45, 2.75) is 19.1 Å². The van der Waals surface area contributed by atoms with E-state index in [0.717, 1.165) is 23.3 Å². The van der Waals surface area contributed by atoms with Crippen molar-refractivity contribution in [1.29, 1.82) is 0 Å². The third-order valence-electron chi connectivity index (χ3n) is 2.84. The molecule has 0 amide bonds. The standard InChI is InChI=1S/C14H13F4N/c15-6-8-19-7-5-12(10-19)9-11-1-3-13(4-2-11)14(16,17)18/h1-5,7,10H,6,8-9H2. The van der Waals surface area contributed by atoms with E-state index in [9.17, 15) is 17.6 Å².